The topological polar surface area (TPSA) is 62.0 Å². The minimum Gasteiger partial charge on any atom is -0.359 e. The van der Waals surface area contributed by atoms with Crippen LogP contribution in [0.5, 0.6) is 0 Å². The van der Waals surface area contributed by atoms with Gasteiger partial charge in [-0.2, -0.15) is 0 Å². The molecule has 0 spiro atoms. The summed E-state index contributed by atoms with van der Waals surface area (Å²) in [7, 11) is 0. The van der Waals surface area contributed by atoms with Crippen LogP contribution >= 0.6 is 0 Å². The molecule has 4 rings (SSSR count). The van der Waals surface area contributed by atoms with Gasteiger partial charge in [0.2, 0.25) is 0 Å². The first-order valence-electron chi connectivity index (χ1n) is 8.44. The minimum absolute atomic E-state index is 0.0971. The van der Waals surface area contributed by atoms with E-state index in [4.69, 9.17) is 0 Å². The van der Waals surface area contributed by atoms with Crippen LogP contribution in [-0.2, 0) is 4.79 Å². The molecule has 0 atom stereocenters. The second-order valence-corrected chi connectivity index (χ2v) is 6.56. The molecule has 1 aromatic heterocycles. The number of aromatic nitrogens is 1. The largest absolute Gasteiger partial charge is 0.359 e. The third-order valence-electron chi connectivity index (χ3n) is 4.66. The predicted octanol–water partition coefficient (Wildman–Crippen LogP) is 4.60. The molecule has 0 fully saturated rings. The fourth-order valence-electron chi connectivity index (χ4n) is 3.31. The molecule has 1 aliphatic heterocycles. The van der Waals surface area contributed by atoms with E-state index in [-0.39, 0.29) is 5.91 Å². The first-order valence-corrected chi connectivity index (χ1v) is 8.44. The van der Waals surface area contributed by atoms with E-state index < -0.39 is 0 Å². The SMILES string of the molecule is Cc1cc(C)c(/C=C2\C(=O)Nc3ccc(-c4ccc(C=O)cc4)cc32)[nH]1. The predicted molar refractivity (Wildman–Crippen MR) is 104 cm³/mol. The van der Waals surface area contributed by atoms with Gasteiger partial charge in [-0.05, 0) is 54.8 Å². The van der Waals surface area contributed by atoms with E-state index in [1.54, 1.807) is 12.1 Å². The van der Waals surface area contributed by atoms with Crippen molar-refractivity contribution in [2.75, 3.05) is 5.32 Å². The Hall–Kier alpha value is -3.40. The Morgan fingerprint density at radius 3 is 2.31 bits per heavy atom. The van der Waals surface area contributed by atoms with Gasteiger partial charge in [-0.1, -0.05) is 30.3 Å². The van der Waals surface area contributed by atoms with Crippen molar-refractivity contribution < 1.29 is 9.59 Å². The zero-order chi connectivity index (χ0) is 18.3. The molecule has 2 heterocycles. The number of amides is 1. The van der Waals surface area contributed by atoms with Crippen molar-refractivity contribution in [2.45, 2.75) is 13.8 Å². The average Bonchev–Trinajstić information content (AvgIpc) is 3.13. The Morgan fingerprint density at radius 2 is 1.65 bits per heavy atom. The van der Waals surface area contributed by atoms with Crippen LogP contribution in [0.4, 0.5) is 5.69 Å². The Bertz CT molecular complexity index is 1060. The van der Waals surface area contributed by atoms with Gasteiger partial charge >= 0.3 is 0 Å². The second kappa shape index (κ2) is 6.15. The minimum atomic E-state index is -0.0971. The van der Waals surface area contributed by atoms with Crippen LogP contribution in [0, 0.1) is 13.8 Å². The normalized spacial score (nSPS) is 14.4. The molecular weight excluding hydrogens is 324 g/mol. The molecule has 4 heteroatoms. The zero-order valence-corrected chi connectivity index (χ0v) is 14.6. The lowest BCUT2D eigenvalue weighted by Gasteiger charge is -2.05. The van der Waals surface area contributed by atoms with E-state index in [1.807, 2.05) is 50.3 Å². The number of fused-ring (bicyclic) bond motifs is 1. The number of benzene rings is 2. The van der Waals surface area contributed by atoms with Gasteiger partial charge in [0.25, 0.3) is 5.91 Å². The number of H-pyrrole nitrogens is 1. The number of carbonyl (C=O) groups is 2. The Morgan fingerprint density at radius 1 is 0.923 bits per heavy atom. The van der Waals surface area contributed by atoms with E-state index in [1.165, 1.54) is 0 Å². The smallest absolute Gasteiger partial charge is 0.256 e. The summed E-state index contributed by atoms with van der Waals surface area (Å²) in [5.41, 5.74) is 8.12. The maximum absolute atomic E-state index is 12.5. The number of rotatable bonds is 3. The summed E-state index contributed by atoms with van der Waals surface area (Å²) in [6.45, 7) is 4.02. The number of aldehydes is 1. The molecule has 4 nitrogen and oxygen atoms in total. The van der Waals surface area contributed by atoms with Crippen molar-refractivity contribution in [3.05, 3.63) is 76.6 Å². The summed E-state index contributed by atoms with van der Waals surface area (Å²) in [6.07, 6.45) is 2.74. The average molecular weight is 342 g/mol. The van der Waals surface area contributed by atoms with Gasteiger partial charge in [-0.15, -0.1) is 0 Å². The number of hydrogen-bond donors (Lipinski definition) is 2. The lowest BCUT2D eigenvalue weighted by molar-refractivity contribution is -0.110. The number of carbonyl (C=O) groups excluding carboxylic acids is 2. The van der Waals surface area contributed by atoms with Crippen LogP contribution in [0.2, 0.25) is 0 Å². The van der Waals surface area contributed by atoms with Gasteiger partial charge in [-0.25, -0.2) is 0 Å². The van der Waals surface area contributed by atoms with Crippen molar-refractivity contribution in [2.24, 2.45) is 0 Å². The van der Waals surface area contributed by atoms with E-state index in [0.29, 0.717) is 11.1 Å². The molecular formula is C22H18N2O2. The molecule has 1 amide bonds. The Balaban J connectivity index is 1.79. The molecule has 26 heavy (non-hydrogen) atoms. The van der Waals surface area contributed by atoms with Crippen molar-refractivity contribution in [1.82, 2.24) is 4.98 Å². The van der Waals surface area contributed by atoms with Gasteiger partial charge in [0.1, 0.15) is 6.29 Å². The van der Waals surface area contributed by atoms with Crippen molar-refractivity contribution in [3.63, 3.8) is 0 Å². The van der Waals surface area contributed by atoms with Crippen molar-refractivity contribution in [1.29, 1.82) is 0 Å². The second-order valence-electron chi connectivity index (χ2n) is 6.56. The lowest BCUT2D eigenvalue weighted by Crippen LogP contribution is -2.03. The fourth-order valence-corrected chi connectivity index (χ4v) is 3.31. The van der Waals surface area contributed by atoms with Crippen LogP contribution in [-0.4, -0.2) is 17.2 Å². The molecule has 0 bridgehead atoms. The van der Waals surface area contributed by atoms with E-state index in [0.717, 1.165) is 45.6 Å². The summed E-state index contributed by atoms with van der Waals surface area (Å²) < 4.78 is 0. The van der Waals surface area contributed by atoms with Gasteiger partial charge in [0.15, 0.2) is 0 Å². The maximum atomic E-state index is 12.5. The lowest BCUT2D eigenvalue weighted by atomic mass is 9.98. The van der Waals surface area contributed by atoms with E-state index in [2.05, 4.69) is 16.4 Å². The summed E-state index contributed by atoms with van der Waals surface area (Å²) in [4.78, 5) is 26.6. The summed E-state index contributed by atoms with van der Waals surface area (Å²) in [5.74, 6) is -0.0971. The van der Waals surface area contributed by atoms with E-state index >= 15 is 0 Å². The van der Waals surface area contributed by atoms with Gasteiger partial charge < -0.3 is 10.3 Å². The monoisotopic (exact) mass is 342 g/mol. The number of aryl methyl sites for hydroxylation is 2. The molecule has 2 aromatic carbocycles. The summed E-state index contributed by atoms with van der Waals surface area (Å²) in [5, 5.41) is 2.92. The molecule has 1 aliphatic rings. The molecule has 128 valence electrons. The highest BCUT2D eigenvalue weighted by atomic mass is 16.2. The number of anilines is 1. The summed E-state index contributed by atoms with van der Waals surface area (Å²) in [6, 6.07) is 15.4. The standard InChI is InChI=1S/C22H18N2O2/c1-13-9-14(2)23-21(13)11-19-18-10-17(7-8-20(18)24-22(19)26)16-5-3-15(12-25)4-6-16/h3-12,23H,1-2H3,(H,24,26)/b19-11-. The van der Waals surface area contributed by atoms with Gasteiger partial charge in [0, 0.05) is 28.2 Å². The first-order chi connectivity index (χ1) is 12.5. The number of hydrogen-bond acceptors (Lipinski definition) is 2. The van der Waals surface area contributed by atoms with Crippen LogP contribution < -0.4 is 5.32 Å². The summed E-state index contributed by atoms with van der Waals surface area (Å²) >= 11 is 0. The maximum Gasteiger partial charge on any atom is 0.256 e. The molecule has 3 aromatic rings. The van der Waals surface area contributed by atoms with Crippen molar-refractivity contribution in [3.8, 4) is 11.1 Å². The van der Waals surface area contributed by atoms with Crippen LogP contribution in [0.3, 0.4) is 0 Å². The van der Waals surface area contributed by atoms with Gasteiger partial charge in [-0.3, -0.25) is 9.59 Å². The number of nitrogens with one attached hydrogen (secondary N) is 2. The van der Waals surface area contributed by atoms with Gasteiger partial charge in [0.05, 0.1) is 5.57 Å². The quantitative estimate of drug-likeness (QED) is 0.539. The third-order valence-corrected chi connectivity index (χ3v) is 4.66. The molecule has 0 aliphatic carbocycles. The Labute approximate surface area is 151 Å². The Kier molecular flexibility index (Phi) is 3.81. The first kappa shape index (κ1) is 16.1. The molecule has 0 saturated carbocycles. The van der Waals surface area contributed by atoms with Crippen LogP contribution in [0.25, 0.3) is 22.8 Å². The molecule has 2 N–H and O–H groups in total. The third kappa shape index (κ3) is 2.75. The highest BCUT2D eigenvalue weighted by molar-refractivity contribution is 6.35. The highest BCUT2D eigenvalue weighted by Crippen LogP contribution is 2.36. The zero-order valence-electron chi connectivity index (χ0n) is 14.6. The van der Waals surface area contributed by atoms with Crippen molar-refractivity contribution >= 4 is 29.5 Å². The highest BCUT2D eigenvalue weighted by Gasteiger charge is 2.25. The molecule has 0 unspecified atom stereocenters. The fraction of sp³-hybridized carbons (Fsp3) is 0.0909. The van der Waals surface area contributed by atoms with E-state index in [9.17, 15) is 9.59 Å². The molecule has 0 radical (unpaired) electrons. The van der Waals surface area contributed by atoms with Crippen LogP contribution in [0.15, 0.2) is 48.5 Å². The molecule has 0 saturated heterocycles. The van der Waals surface area contributed by atoms with Crippen LogP contribution in [0.1, 0.15) is 32.9 Å². The number of aromatic amines is 1.